The third kappa shape index (κ3) is 2.70. The first-order valence-electron chi connectivity index (χ1n) is 6.06. The lowest BCUT2D eigenvalue weighted by atomic mass is 10.1. The summed E-state index contributed by atoms with van der Waals surface area (Å²) in [6.45, 7) is 0. The number of hydrogen-bond acceptors (Lipinski definition) is 3. The Balaban J connectivity index is 0.00000147. The lowest BCUT2D eigenvalue weighted by molar-refractivity contribution is 0.414. The fraction of sp³-hybridized carbons (Fsp3) is 0.133. The van der Waals surface area contributed by atoms with Crippen LogP contribution in [-0.4, -0.2) is 22.2 Å². The van der Waals surface area contributed by atoms with E-state index in [9.17, 15) is 5.11 Å². The van der Waals surface area contributed by atoms with E-state index in [-0.39, 0.29) is 18.2 Å². The molecule has 0 aliphatic rings. The molecule has 2 N–H and O–H groups in total. The fourth-order valence-corrected chi connectivity index (χ4v) is 2.09. The summed E-state index contributed by atoms with van der Waals surface area (Å²) in [6, 6.07) is 13.2. The van der Waals surface area contributed by atoms with E-state index in [0.29, 0.717) is 11.9 Å². The number of imidazole rings is 1. The number of phenols is 1. The van der Waals surface area contributed by atoms with Gasteiger partial charge >= 0.3 is 0 Å². The second kappa shape index (κ2) is 5.84. The molecule has 0 aliphatic heterocycles. The van der Waals surface area contributed by atoms with Gasteiger partial charge in [0.05, 0.1) is 12.6 Å². The molecule has 1 heterocycles. The number of rotatable bonds is 3. The highest BCUT2D eigenvalue weighted by Crippen LogP contribution is 2.23. The van der Waals surface area contributed by atoms with Gasteiger partial charge in [0.1, 0.15) is 22.8 Å². The van der Waals surface area contributed by atoms with Crippen LogP contribution in [0.1, 0.15) is 11.4 Å². The van der Waals surface area contributed by atoms with E-state index in [1.807, 2.05) is 30.3 Å². The first kappa shape index (κ1) is 14.2. The van der Waals surface area contributed by atoms with Crippen molar-refractivity contribution in [1.29, 1.82) is 0 Å². The van der Waals surface area contributed by atoms with Crippen molar-refractivity contribution in [2.75, 3.05) is 7.11 Å². The van der Waals surface area contributed by atoms with Gasteiger partial charge < -0.3 is 14.8 Å². The number of benzene rings is 2. The van der Waals surface area contributed by atoms with Gasteiger partial charge in [-0.25, -0.2) is 4.98 Å². The molecular formula is C15H15ClN2O2. The Labute approximate surface area is 122 Å². The second-order valence-electron chi connectivity index (χ2n) is 4.38. The Kier molecular flexibility index (Phi) is 4.15. The van der Waals surface area contributed by atoms with Crippen LogP contribution in [0.5, 0.6) is 11.5 Å². The molecule has 3 aromatic rings. The maximum absolute atomic E-state index is 9.72. The number of nitrogens with one attached hydrogen (secondary N) is 1. The average molecular weight is 291 g/mol. The zero-order chi connectivity index (χ0) is 13.2. The number of para-hydroxylation sites is 1. The van der Waals surface area contributed by atoms with Gasteiger partial charge in [0.2, 0.25) is 0 Å². The molecule has 4 nitrogen and oxygen atoms in total. The van der Waals surface area contributed by atoms with E-state index < -0.39 is 0 Å². The summed E-state index contributed by atoms with van der Waals surface area (Å²) in [7, 11) is 1.65. The van der Waals surface area contributed by atoms with Crippen molar-refractivity contribution in [1.82, 2.24) is 9.97 Å². The van der Waals surface area contributed by atoms with Gasteiger partial charge in [-0.1, -0.05) is 18.2 Å². The molecule has 0 bridgehead atoms. The number of nitrogens with zero attached hydrogens (tertiary/aromatic N) is 1. The first-order valence-corrected chi connectivity index (χ1v) is 6.06. The minimum absolute atomic E-state index is 0. The van der Waals surface area contributed by atoms with Gasteiger partial charge in [0.25, 0.3) is 0 Å². The normalized spacial score (nSPS) is 10.2. The van der Waals surface area contributed by atoms with Crippen LogP contribution in [0.15, 0.2) is 42.5 Å². The molecule has 104 valence electrons. The van der Waals surface area contributed by atoms with Crippen LogP contribution >= 0.6 is 12.4 Å². The van der Waals surface area contributed by atoms with Crippen LogP contribution < -0.4 is 4.74 Å². The summed E-state index contributed by atoms with van der Waals surface area (Å²) in [6.07, 6.45) is 0.693. The Morgan fingerprint density at radius 2 is 1.90 bits per heavy atom. The number of fused-ring (bicyclic) bond motifs is 1. The predicted molar refractivity (Wildman–Crippen MR) is 80.8 cm³/mol. The molecule has 0 fully saturated rings. The third-order valence-electron chi connectivity index (χ3n) is 3.07. The van der Waals surface area contributed by atoms with E-state index in [4.69, 9.17) is 4.74 Å². The van der Waals surface area contributed by atoms with Crippen molar-refractivity contribution in [3.8, 4) is 11.5 Å². The summed E-state index contributed by atoms with van der Waals surface area (Å²) >= 11 is 0. The monoisotopic (exact) mass is 290 g/mol. The molecule has 0 saturated heterocycles. The van der Waals surface area contributed by atoms with Crippen LogP contribution in [0, 0.1) is 0 Å². The number of methoxy groups -OCH3 is 1. The Morgan fingerprint density at radius 3 is 2.55 bits per heavy atom. The molecule has 3 rings (SSSR count). The second-order valence-corrected chi connectivity index (χ2v) is 4.38. The summed E-state index contributed by atoms with van der Waals surface area (Å²) in [5, 5.41) is 9.72. The highest BCUT2D eigenvalue weighted by atomic mass is 35.5. The van der Waals surface area contributed by atoms with E-state index in [0.717, 1.165) is 22.7 Å². The lowest BCUT2D eigenvalue weighted by Gasteiger charge is -2.01. The van der Waals surface area contributed by atoms with Gasteiger partial charge in [0, 0.05) is 6.42 Å². The highest BCUT2D eigenvalue weighted by Gasteiger charge is 2.07. The van der Waals surface area contributed by atoms with Crippen LogP contribution in [0.2, 0.25) is 0 Å². The quantitative estimate of drug-likeness (QED) is 0.778. The van der Waals surface area contributed by atoms with Gasteiger partial charge in [-0.15, -0.1) is 12.4 Å². The van der Waals surface area contributed by atoms with Crippen LogP contribution in [0.25, 0.3) is 11.0 Å². The van der Waals surface area contributed by atoms with E-state index in [1.165, 1.54) is 0 Å². The van der Waals surface area contributed by atoms with Crippen LogP contribution in [-0.2, 0) is 6.42 Å². The Hall–Kier alpha value is -2.20. The Morgan fingerprint density at radius 1 is 1.15 bits per heavy atom. The van der Waals surface area contributed by atoms with Crippen molar-refractivity contribution < 1.29 is 9.84 Å². The van der Waals surface area contributed by atoms with Gasteiger partial charge in [-0.2, -0.15) is 0 Å². The maximum Gasteiger partial charge on any atom is 0.143 e. The molecule has 20 heavy (non-hydrogen) atoms. The maximum atomic E-state index is 9.72. The molecule has 0 atom stereocenters. The van der Waals surface area contributed by atoms with E-state index >= 15 is 0 Å². The number of halogens is 1. The van der Waals surface area contributed by atoms with Crippen molar-refractivity contribution >= 4 is 23.4 Å². The summed E-state index contributed by atoms with van der Waals surface area (Å²) < 4.78 is 5.13. The van der Waals surface area contributed by atoms with Crippen molar-refractivity contribution in [3.05, 3.63) is 53.9 Å². The molecule has 0 amide bonds. The van der Waals surface area contributed by atoms with Crippen LogP contribution in [0.3, 0.4) is 0 Å². The molecular weight excluding hydrogens is 276 g/mol. The van der Waals surface area contributed by atoms with Gasteiger partial charge in [-0.3, -0.25) is 0 Å². The minimum atomic E-state index is 0. The van der Waals surface area contributed by atoms with E-state index in [2.05, 4.69) is 9.97 Å². The lowest BCUT2D eigenvalue weighted by Crippen LogP contribution is -1.91. The third-order valence-corrected chi connectivity index (χ3v) is 3.07. The largest absolute Gasteiger partial charge is 0.506 e. The summed E-state index contributed by atoms with van der Waals surface area (Å²) in [5.74, 6) is 1.88. The number of H-pyrrole nitrogens is 1. The summed E-state index contributed by atoms with van der Waals surface area (Å²) in [4.78, 5) is 7.62. The number of aromatic hydroxyl groups is 1. The predicted octanol–water partition coefficient (Wildman–Crippen LogP) is 3.29. The van der Waals surface area contributed by atoms with Crippen molar-refractivity contribution in [2.45, 2.75) is 6.42 Å². The molecule has 2 aromatic carbocycles. The molecule has 1 aromatic heterocycles. The number of hydrogen-bond donors (Lipinski definition) is 2. The molecule has 5 heteroatoms. The number of aromatic nitrogens is 2. The molecule has 0 aliphatic carbocycles. The standard InChI is InChI=1S/C15H14N2O2.ClH/c1-19-11-7-5-10(6-8-11)9-14-16-12-3-2-4-13(18)15(12)17-14;/h2-8,18H,9H2,1H3,(H,16,17);1H. The molecule has 0 saturated carbocycles. The molecule has 0 spiro atoms. The van der Waals surface area contributed by atoms with E-state index in [1.54, 1.807) is 19.2 Å². The number of ether oxygens (including phenoxy) is 1. The number of phenolic OH excluding ortho intramolecular Hbond substituents is 1. The van der Waals surface area contributed by atoms with Crippen molar-refractivity contribution in [2.24, 2.45) is 0 Å². The zero-order valence-corrected chi connectivity index (χ0v) is 11.8. The molecule has 0 unspecified atom stereocenters. The van der Waals surface area contributed by atoms with Gasteiger partial charge in [-0.05, 0) is 29.8 Å². The Bertz CT molecular complexity index is 707. The minimum Gasteiger partial charge on any atom is -0.506 e. The van der Waals surface area contributed by atoms with Crippen molar-refractivity contribution in [3.63, 3.8) is 0 Å². The molecule has 0 radical (unpaired) electrons. The average Bonchev–Trinajstić information content (AvgIpc) is 2.84. The number of aromatic amines is 1. The van der Waals surface area contributed by atoms with Crippen LogP contribution in [0.4, 0.5) is 0 Å². The SMILES string of the molecule is COc1ccc(Cc2nc3c(O)cccc3[nH]2)cc1.Cl. The zero-order valence-electron chi connectivity index (χ0n) is 11.0. The fourth-order valence-electron chi connectivity index (χ4n) is 2.09. The topological polar surface area (TPSA) is 58.1 Å². The highest BCUT2D eigenvalue weighted by molar-refractivity contribution is 5.85. The first-order chi connectivity index (χ1) is 9.26. The van der Waals surface area contributed by atoms with Gasteiger partial charge in [0.15, 0.2) is 0 Å². The summed E-state index contributed by atoms with van der Waals surface area (Å²) in [5.41, 5.74) is 2.61. The smallest absolute Gasteiger partial charge is 0.143 e.